The summed E-state index contributed by atoms with van der Waals surface area (Å²) in [7, 11) is -5.79. The lowest BCUT2D eigenvalue weighted by Crippen LogP contribution is -2.60. The van der Waals surface area contributed by atoms with Gasteiger partial charge in [-0.15, -0.1) is 11.3 Å². The first-order chi connectivity index (χ1) is 23.5. The van der Waals surface area contributed by atoms with Crippen LogP contribution >= 0.6 is 30.3 Å². The highest BCUT2D eigenvalue weighted by molar-refractivity contribution is 7.52. The fourth-order valence-corrected chi connectivity index (χ4v) is 8.02. The van der Waals surface area contributed by atoms with E-state index < -0.39 is 54.0 Å². The lowest BCUT2D eigenvalue weighted by molar-refractivity contribution is -0.143. The van der Waals surface area contributed by atoms with Crippen LogP contribution in [0.25, 0.3) is 20.5 Å². The third-order valence-electron chi connectivity index (χ3n) is 8.47. The number of hydrogen-bond donors (Lipinski definition) is 4. The molecule has 3 aromatic carbocycles. The van der Waals surface area contributed by atoms with E-state index in [-0.39, 0.29) is 23.2 Å². The topological polar surface area (TPSA) is 149 Å². The van der Waals surface area contributed by atoms with Crippen molar-refractivity contribution in [1.29, 1.82) is 0 Å². The summed E-state index contributed by atoms with van der Waals surface area (Å²) in [4.78, 5) is 67.1. The van der Waals surface area contributed by atoms with Gasteiger partial charge in [-0.1, -0.05) is 92.8 Å². The molecule has 1 aliphatic rings. The maximum atomic E-state index is 14.5. The Hall–Kier alpha value is -4.33. The number of nitrogens with one attached hydrogen (secondary N) is 2. The van der Waals surface area contributed by atoms with E-state index in [9.17, 15) is 27.7 Å². The van der Waals surface area contributed by atoms with Gasteiger partial charge in [-0.2, -0.15) is 8.78 Å². The normalized spacial score (nSPS) is 15.7. The van der Waals surface area contributed by atoms with E-state index in [1.165, 1.54) is 28.4 Å². The minimum absolute atomic E-state index is 0.106. The van der Waals surface area contributed by atoms with Crippen LogP contribution in [0.1, 0.15) is 47.1 Å². The molecule has 2 unspecified atom stereocenters. The van der Waals surface area contributed by atoms with Crippen LogP contribution in [-0.2, 0) is 32.8 Å². The van der Waals surface area contributed by atoms with E-state index in [0.717, 1.165) is 45.0 Å². The van der Waals surface area contributed by atoms with Crippen LogP contribution in [0, 0.1) is 5.41 Å². The minimum atomic E-state index is -5.79. The summed E-state index contributed by atoms with van der Waals surface area (Å²) < 4.78 is 40.6. The van der Waals surface area contributed by atoms with Crippen molar-refractivity contribution in [2.75, 3.05) is 5.32 Å². The second-order valence-corrected chi connectivity index (χ2v) is 16.8. The first-order valence-electron chi connectivity index (χ1n) is 15.5. The van der Waals surface area contributed by atoms with Crippen LogP contribution in [0.5, 0.6) is 0 Å². The molecule has 2 atom stereocenters. The molecule has 0 fully saturated rings. The molecule has 2 aromatic heterocycles. The summed E-state index contributed by atoms with van der Waals surface area (Å²) >= 11 is 2.30. The lowest BCUT2D eigenvalue weighted by Gasteiger charge is -2.40. The Labute approximate surface area is 294 Å². The molecule has 0 saturated heterocycles. The number of halogens is 2. The number of thiophene rings is 1. The van der Waals surface area contributed by atoms with Gasteiger partial charge >= 0.3 is 13.3 Å². The summed E-state index contributed by atoms with van der Waals surface area (Å²) in [5, 5.41) is 6.28. The zero-order valence-corrected chi connectivity index (χ0v) is 29.6. The maximum absolute atomic E-state index is 14.5. The summed E-state index contributed by atoms with van der Waals surface area (Å²) in [6.45, 7) is 5.47. The van der Waals surface area contributed by atoms with Crippen molar-refractivity contribution in [3.05, 3.63) is 107 Å². The summed E-state index contributed by atoms with van der Waals surface area (Å²) in [6.07, 6.45) is 1.92. The van der Waals surface area contributed by atoms with Gasteiger partial charge in [0.05, 0.1) is 9.75 Å². The number of anilines is 1. The molecule has 50 heavy (non-hydrogen) atoms. The first-order valence-corrected chi connectivity index (χ1v) is 18.8. The number of fused-ring (bicyclic) bond motifs is 2. The molecule has 0 spiro atoms. The molecule has 3 amide bonds. The number of benzene rings is 3. The first kappa shape index (κ1) is 35.5. The number of thiazole rings is 1. The van der Waals surface area contributed by atoms with E-state index >= 15 is 0 Å². The van der Waals surface area contributed by atoms with Gasteiger partial charge in [0.25, 0.3) is 5.91 Å². The smallest absolute Gasteiger partial charge is 0.339 e. The number of aromatic nitrogens is 1. The van der Waals surface area contributed by atoms with Gasteiger partial charge < -0.3 is 25.3 Å². The number of alkyl halides is 2. The summed E-state index contributed by atoms with van der Waals surface area (Å²) in [6, 6.07) is 19.6. The predicted molar refractivity (Wildman–Crippen MR) is 189 cm³/mol. The van der Waals surface area contributed by atoms with E-state index in [2.05, 4.69) is 15.6 Å². The van der Waals surface area contributed by atoms with E-state index in [1.54, 1.807) is 27.0 Å². The van der Waals surface area contributed by atoms with Crippen molar-refractivity contribution in [3.63, 3.8) is 0 Å². The Morgan fingerprint density at radius 1 is 0.960 bits per heavy atom. The highest BCUT2D eigenvalue weighted by Crippen LogP contribution is 2.59. The number of carbonyl (C=O) groups is 3. The van der Waals surface area contributed by atoms with Crippen LogP contribution in [0.15, 0.2) is 85.1 Å². The van der Waals surface area contributed by atoms with Gasteiger partial charge in [0, 0.05) is 29.4 Å². The quantitative estimate of drug-likeness (QED) is 0.126. The molecule has 4 N–H and O–H groups in total. The second kappa shape index (κ2) is 13.4. The molecule has 0 bridgehead atoms. The summed E-state index contributed by atoms with van der Waals surface area (Å²) in [5.41, 5.74) is -3.36. The van der Waals surface area contributed by atoms with Crippen LogP contribution in [0.3, 0.4) is 0 Å². The number of nitrogens with zero attached hydrogens (tertiary/aromatic N) is 2. The number of rotatable bonds is 8. The third-order valence-corrected chi connectivity index (χ3v) is 11.5. The molecule has 6 rings (SSSR count). The Morgan fingerprint density at radius 3 is 2.32 bits per heavy atom. The van der Waals surface area contributed by atoms with E-state index in [0.29, 0.717) is 9.83 Å². The zero-order valence-electron chi connectivity index (χ0n) is 27.1. The van der Waals surface area contributed by atoms with Crippen molar-refractivity contribution in [2.24, 2.45) is 5.41 Å². The fraction of sp³-hybridized carbons (Fsp3) is 0.257. The average Bonchev–Trinajstić information content (AvgIpc) is 3.72. The van der Waals surface area contributed by atoms with Crippen molar-refractivity contribution < 1.29 is 37.5 Å². The molecule has 0 radical (unpaired) electrons. The van der Waals surface area contributed by atoms with Gasteiger partial charge in [0.15, 0.2) is 5.13 Å². The highest BCUT2D eigenvalue weighted by atomic mass is 32.1. The molecule has 3 heterocycles. The lowest BCUT2D eigenvalue weighted by atomic mass is 9.84. The molecule has 1 aliphatic heterocycles. The molecule has 5 aromatic rings. The van der Waals surface area contributed by atoms with Crippen molar-refractivity contribution in [3.8, 4) is 10.4 Å². The SMILES string of the molecule is CC(C)(C)C(NC(=O)c1cc2cc(C(F)(F)P(=O)(O)O)ccc2s1)C(=O)N1Cc2ccccc2CC1C(=O)Nc1ncc(-c2ccccc2)s1. The van der Waals surface area contributed by atoms with Crippen molar-refractivity contribution >= 4 is 63.2 Å². The zero-order chi connectivity index (χ0) is 36.0. The number of hydrogen-bond acceptors (Lipinski definition) is 7. The van der Waals surface area contributed by atoms with Crippen LogP contribution in [0.2, 0.25) is 0 Å². The molecule has 0 saturated carbocycles. The maximum Gasteiger partial charge on any atom is 0.399 e. The molecular weight excluding hydrogens is 706 g/mol. The van der Waals surface area contributed by atoms with E-state index in [4.69, 9.17) is 9.79 Å². The van der Waals surface area contributed by atoms with Gasteiger partial charge in [-0.3, -0.25) is 18.9 Å². The Bertz CT molecular complexity index is 2140. The summed E-state index contributed by atoms with van der Waals surface area (Å²) in [5.74, 6) is -1.54. The van der Waals surface area contributed by atoms with Crippen molar-refractivity contribution in [2.45, 2.75) is 51.5 Å². The molecular formula is C35H33F2N4O6PS2. The Balaban J connectivity index is 1.26. The molecule has 10 nitrogen and oxygen atoms in total. The predicted octanol–water partition coefficient (Wildman–Crippen LogP) is 6.99. The van der Waals surface area contributed by atoms with Gasteiger partial charge in [0.1, 0.15) is 12.1 Å². The van der Waals surface area contributed by atoms with Crippen LogP contribution < -0.4 is 10.6 Å². The Morgan fingerprint density at radius 2 is 1.64 bits per heavy atom. The highest BCUT2D eigenvalue weighted by Gasteiger charge is 2.50. The third kappa shape index (κ3) is 7.12. The van der Waals surface area contributed by atoms with Crippen molar-refractivity contribution in [1.82, 2.24) is 15.2 Å². The second-order valence-electron chi connectivity index (χ2n) is 13.1. The average molecular weight is 739 g/mol. The van der Waals surface area contributed by atoms with Gasteiger partial charge in [-0.05, 0) is 45.7 Å². The molecule has 260 valence electrons. The fourth-order valence-electron chi connectivity index (χ4n) is 5.77. The van der Waals surface area contributed by atoms with Gasteiger partial charge in [0.2, 0.25) is 11.8 Å². The van der Waals surface area contributed by atoms with Crippen LogP contribution in [-0.4, -0.2) is 49.5 Å². The largest absolute Gasteiger partial charge is 0.399 e. The standard InChI is InChI=1S/C35H33F2N4O6PS2/c1-34(2,3)29(39-31(43)27-17-23-15-24(13-14-26(23)49-27)35(36,37)48(45,46)47)32(44)41-19-22-12-8-7-11-21(22)16-25(41)30(42)40-33-38-18-28(50-33)20-9-5-4-6-10-20/h4-15,17-18,25,29H,16,19H2,1-3H3,(H,39,43)(H,38,40,42)(H2,45,46,47). The minimum Gasteiger partial charge on any atom is -0.339 e. The number of amides is 3. The van der Waals surface area contributed by atoms with E-state index in [1.807, 2.05) is 54.6 Å². The molecule has 0 aliphatic carbocycles. The monoisotopic (exact) mass is 738 g/mol. The Kier molecular flexibility index (Phi) is 9.53. The van der Waals surface area contributed by atoms with Crippen LogP contribution in [0.4, 0.5) is 13.9 Å². The van der Waals surface area contributed by atoms with Gasteiger partial charge in [-0.25, -0.2) is 4.98 Å². The molecule has 15 heteroatoms. The number of carbonyl (C=O) groups excluding carboxylic acids is 3.